The van der Waals surface area contributed by atoms with E-state index in [2.05, 4.69) is 35.0 Å². The highest BCUT2D eigenvalue weighted by Gasteiger charge is 2.12. The third kappa shape index (κ3) is 1.31. The number of benzene rings is 1. The molecule has 64 valence electrons. The van der Waals surface area contributed by atoms with E-state index in [0.29, 0.717) is 0 Å². The molecule has 1 aliphatic rings. The maximum Gasteiger partial charge on any atom is 0.0239 e. The molecule has 0 amide bonds. The van der Waals surface area contributed by atoms with Gasteiger partial charge in [-0.25, -0.2) is 0 Å². The molecular weight excluding hydrogens is 212 g/mol. The first-order chi connectivity index (χ1) is 5.79. The Balaban J connectivity index is 2.54. The molecule has 12 heavy (non-hydrogen) atoms. The molecule has 0 atom stereocenters. The summed E-state index contributed by atoms with van der Waals surface area (Å²) in [6.45, 7) is 2.17. The van der Waals surface area contributed by atoms with Gasteiger partial charge in [-0.2, -0.15) is 0 Å². The minimum absolute atomic E-state index is 1.26. The zero-order valence-electron chi connectivity index (χ0n) is 7.36. The fourth-order valence-corrected chi connectivity index (χ4v) is 2.49. The van der Waals surface area contributed by atoms with Crippen molar-refractivity contribution in [3.05, 3.63) is 33.3 Å². The first-order valence-corrected chi connectivity index (χ1v) is 5.35. The Labute approximate surface area is 82.1 Å². The van der Waals surface area contributed by atoms with Gasteiger partial charge >= 0.3 is 0 Å². The summed E-state index contributed by atoms with van der Waals surface area (Å²) in [4.78, 5) is 0. The second kappa shape index (κ2) is 3.21. The lowest BCUT2D eigenvalue weighted by atomic mass is 9.91. The quantitative estimate of drug-likeness (QED) is 0.632. The molecule has 0 spiro atoms. The van der Waals surface area contributed by atoms with Crippen molar-refractivity contribution in [2.45, 2.75) is 32.6 Å². The second-order valence-electron chi connectivity index (χ2n) is 3.54. The molecule has 0 heterocycles. The summed E-state index contributed by atoms with van der Waals surface area (Å²) in [5.41, 5.74) is 4.48. The van der Waals surface area contributed by atoms with Crippen LogP contribution in [0, 0.1) is 6.92 Å². The maximum atomic E-state index is 3.67. The van der Waals surface area contributed by atoms with Crippen molar-refractivity contribution in [1.82, 2.24) is 0 Å². The van der Waals surface area contributed by atoms with Gasteiger partial charge in [0.05, 0.1) is 0 Å². The van der Waals surface area contributed by atoms with E-state index in [0.717, 1.165) is 0 Å². The number of fused-ring (bicyclic) bond motifs is 1. The van der Waals surface area contributed by atoms with Crippen LogP contribution in [0.15, 0.2) is 16.6 Å². The molecule has 0 N–H and O–H groups in total. The normalized spacial score (nSPS) is 15.8. The molecule has 0 aromatic heterocycles. The van der Waals surface area contributed by atoms with Gasteiger partial charge in [0.1, 0.15) is 0 Å². The van der Waals surface area contributed by atoms with Crippen LogP contribution in [0.2, 0.25) is 0 Å². The highest BCUT2D eigenvalue weighted by atomic mass is 79.9. The van der Waals surface area contributed by atoms with Crippen molar-refractivity contribution in [2.75, 3.05) is 0 Å². The lowest BCUT2D eigenvalue weighted by molar-refractivity contribution is 0.682. The summed E-state index contributed by atoms with van der Waals surface area (Å²) in [5, 5.41) is 0. The molecular formula is C11H13Br. The number of rotatable bonds is 0. The van der Waals surface area contributed by atoms with E-state index < -0.39 is 0 Å². The summed E-state index contributed by atoms with van der Waals surface area (Å²) >= 11 is 3.67. The lowest BCUT2D eigenvalue weighted by Crippen LogP contribution is -2.03. The van der Waals surface area contributed by atoms with Crippen LogP contribution in [-0.2, 0) is 12.8 Å². The summed E-state index contributed by atoms with van der Waals surface area (Å²) in [7, 11) is 0. The molecule has 0 saturated heterocycles. The van der Waals surface area contributed by atoms with Gasteiger partial charge in [-0.3, -0.25) is 0 Å². The van der Waals surface area contributed by atoms with Crippen LogP contribution in [0.5, 0.6) is 0 Å². The second-order valence-corrected chi connectivity index (χ2v) is 4.33. The zero-order valence-corrected chi connectivity index (χ0v) is 8.95. The van der Waals surface area contributed by atoms with Crippen molar-refractivity contribution >= 4 is 15.9 Å². The SMILES string of the molecule is Cc1ccc2c(c1Br)CCCC2. The molecule has 0 fully saturated rings. The minimum atomic E-state index is 1.26. The Morgan fingerprint density at radius 2 is 1.92 bits per heavy atom. The molecule has 1 heteroatoms. The Bertz CT molecular complexity index is 302. The van der Waals surface area contributed by atoms with Gasteiger partial charge < -0.3 is 0 Å². The fourth-order valence-electron chi connectivity index (χ4n) is 1.90. The van der Waals surface area contributed by atoms with E-state index in [1.165, 1.54) is 35.7 Å². The van der Waals surface area contributed by atoms with E-state index in [1.807, 2.05) is 0 Å². The average molecular weight is 225 g/mol. The van der Waals surface area contributed by atoms with Crippen LogP contribution >= 0.6 is 15.9 Å². The highest BCUT2D eigenvalue weighted by molar-refractivity contribution is 9.10. The van der Waals surface area contributed by atoms with Crippen LogP contribution in [0.3, 0.4) is 0 Å². The average Bonchev–Trinajstić information content (AvgIpc) is 2.12. The first kappa shape index (κ1) is 8.31. The van der Waals surface area contributed by atoms with Gasteiger partial charge in [0, 0.05) is 4.47 Å². The fraction of sp³-hybridized carbons (Fsp3) is 0.455. The zero-order chi connectivity index (χ0) is 8.55. The van der Waals surface area contributed by atoms with Crippen molar-refractivity contribution in [3.63, 3.8) is 0 Å². The molecule has 0 radical (unpaired) electrons. The third-order valence-electron chi connectivity index (χ3n) is 2.66. The van der Waals surface area contributed by atoms with Crippen molar-refractivity contribution in [3.8, 4) is 0 Å². The molecule has 0 aliphatic heterocycles. The maximum absolute atomic E-state index is 3.67. The number of halogens is 1. The van der Waals surface area contributed by atoms with Gasteiger partial charge in [-0.15, -0.1) is 0 Å². The summed E-state index contributed by atoms with van der Waals surface area (Å²) < 4.78 is 1.35. The molecule has 2 rings (SSSR count). The molecule has 0 saturated carbocycles. The van der Waals surface area contributed by atoms with Crippen molar-refractivity contribution < 1.29 is 0 Å². The summed E-state index contributed by atoms with van der Waals surface area (Å²) in [6.07, 6.45) is 5.25. The molecule has 0 nitrogen and oxygen atoms in total. The monoisotopic (exact) mass is 224 g/mol. The van der Waals surface area contributed by atoms with Gasteiger partial charge in [0.15, 0.2) is 0 Å². The number of hydrogen-bond donors (Lipinski definition) is 0. The van der Waals surface area contributed by atoms with E-state index in [1.54, 1.807) is 11.1 Å². The Morgan fingerprint density at radius 1 is 1.17 bits per heavy atom. The Morgan fingerprint density at radius 3 is 2.75 bits per heavy atom. The highest BCUT2D eigenvalue weighted by Crippen LogP contribution is 2.30. The minimum Gasteiger partial charge on any atom is -0.0584 e. The van der Waals surface area contributed by atoms with Gasteiger partial charge in [0.2, 0.25) is 0 Å². The van der Waals surface area contributed by atoms with Gasteiger partial charge in [-0.05, 0) is 49.3 Å². The van der Waals surface area contributed by atoms with E-state index >= 15 is 0 Å². The van der Waals surface area contributed by atoms with Gasteiger partial charge in [0.25, 0.3) is 0 Å². The van der Waals surface area contributed by atoms with Crippen molar-refractivity contribution in [1.29, 1.82) is 0 Å². The van der Waals surface area contributed by atoms with Crippen LogP contribution in [0.1, 0.15) is 29.5 Å². The summed E-state index contributed by atoms with van der Waals surface area (Å²) in [5.74, 6) is 0. The topological polar surface area (TPSA) is 0 Å². The lowest BCUT2D eigenvalue weighted by Gasteiger charge is -2.18. The van der Waals surface area contributed by atoms with E-state index in [9.17, 15) is 0 Å². The number of aryl methyl sites for hydroxylation is 2. The largest absolute Gasteiger partial charge is 0.0584 e. The van der Waals surface area contributed by atoms with Crippen LogP contribution in [0.4, 0.5) is 0 Å². The number of hydrogen-bond acceptors (Lipinski definition) is 0. The molecule has 1 aliphatic carbocycles. The standard InChI is InChI=1S/C11H13Br/c1-8-6-7-9-4-2-3-5-10(9)11(8)12/h6-7H,2-5H2,1H3. The Kier molecular flexibility index (Phi) is 2.22. The molecule has 0 unspecified atom stereocenters. The predicted octanol–water partition coefficient (Wildman–Crippen LogP) is 3.64. The predicted molar refractivity (Wildman–Crippen MR) is 55.5 cm³/mol. The van der Waals surface area contributed by atoms with Crippen LogP contribution < -0.4 is 0 Å². The van der Waals surface area contributed by atoms with E-state index in [4.69, 9.17) is 0 Å². The summed E-state index contributed by atoms with van der Waals surface area (Å²) in [6, 6.07) is 4.50. The first-order valence-electron chi connectivity index (χ1n) is 4.56. The van der Waals surface area contributed by atoms with Crippen LogP contribution in [-0.4, -0.2) is 0 Å². The van der Waals surface area contributed by atoms with Crippen LogP contribution in [0.25, 0.3) is 0 Å². The smallest absolute Gasteiger partial charge is 0.0239 e. The third-order valence-corrected chi connectivity index (χ3v) is 3.76. The molecule has 1 aromatic carbocycles. The van der Waals surface area contributed by atoms with Gasteiger partial charge in [-0.1, -0.05) is 28.1 Å². The van der Waals surface area contributed by atoms with Crippen molar-refractivity contribution in [2.24, 2.45) is 0 Å². The molecule has 0 bridgehead atoms. The Hall–Kier alpha value is -0.300. The van der Waals surface area contributed by atoms with E-state index in [-0.39, 0.29) is 0 Å². The molecule has 1 aromatic rings.